The first-order chi connectivity index (χ1) is 10.4. The topological polar surface area (TPSA) is 41.2 Å². The van der Waals surface area contributed by atoms with Crippen molar-refractivity contribution in [1.29, 1.82) is 0 Å². The van der Waals surface area contributed by atoms with Crippen LogP contribution >= 0.6 is 0 Å². The molecule has 2 aromatic heterocycles. The van der Waals surface area contributed by atoms with Gasteiger partial charge >= 0.3 is 0 Å². The first-order valence-corrected chi connectivity index (χ1v) is 7.85. The minimum absolute atomic E-state index is 0.709. The highest BCUT2D eigenvalue weighted by atomic mass is 16.5. The van der Waals surface area contributed by atoms with Gasteiger partial charge in [-0.2, -0.15) is 0 Å². The van der Waals surface area contributed by atoms with E-state index in [0.717, 1.165) is 38.4 Å². The van der Waals surface area contributed by atoms with Gasteiger partial charge in [0, 0.05) is 55.7 Å². The molecular weight excluding hydrogens is 262 g/mol. The first-order valence-electron chi connectivity index (χ1n) is 7.85. The third-order valence-corrected chi connectivity index (χ3v) is 4.74. The van der Waals surface area contributed by atoms with Crippen molar-refractivity contribution >= 4 is 16.6 Å². The monoisotopic (exact) mass is 283 g/mol. The van der Waals surface area contributed by atoms with E-state index >= 15 is 0 Å². The number of ether oxygens (including phenoxy) is 1. The van der Waals surface area contributed by atoms with E-state index in [-0.39, 0.29) is 0 Å². The van der Waals surface area contributed by atoms with E-state index in [4.69, 9.17) is 4.74 Å². The molecule has 4 nitrogen and oxygen atoms in total. The lowest BCUT2D eigenvalue weighted by Crippen LogP contribution is -2.41. The number of pyridine rings is 1. The molecule has 2 aliphatic rings. The van der Waals surface area contributed by atoms with Crippen LogP contribution in [-0.2, 0) is 4.74 Å². The third-order valence-electron chi connectivity index (χ3n) is 4.74. The van der Waals surface area contributed by atoms with Crippen molar-refractivity contribution in [2.75, 3.05) is 26.3 Å². The molecule has 0 aromatic carbocycles. The Morgan fingerprint density at radius 2 is 2.19 bits per heavy atom. The van der Waals surface area contributed by atoms with Crippen molar-refractivity contribution in [3.05, 3.63) is 36.2 Å². The van der Waals surface area contributed by atoms with Crippen LogP contribution in [0.25, 0.3) is 16.6 Å². The Morgan fingerprint density at radius 3 is 3.00 bits per heavy atom. The number of H-pyrrole nitrogens is 1. The van der Waals surface area contributed by atoms with Crippen LogP contribution in [0.3, 0.4) is 0 Å². The van der Waals surface area contributed by atoms with Gasteiger partial charge < -0.3 is 9.72 Å². The van der Waals surface area contributed by atoms with Crippen molar-refractivity contribution in [3.8, 4) is 0 Å². The lowest BCUT2D eigenvalue weighted by Gasteiger charge is -2.36. The highest BCUT2D eigenvalue weighted by Crippen LogP contribution is 2.29. The van der Waals surface area contributed by atoms with Gasteiger partial charge in [0.1, 0.15) is 5.65 Å². The Hall–Kier alpha value is -1.65. The second-order valence-electron chi connectivity index (χ2n) is 5.92. The van der Waals surface area contributed by atoms with E-state index in [2.05, 4.69) is 33.2 Å². The maximum absolute atomic E-state index is 5.47. The van der Waals surface area contributed by atoms with Gasteiger partial charge in [0.15, 0.2) is 0 Å². The van der Waals surface area contributed by atoms with E-state index < -0.39 is 0 Å². The van der Waals surface area contributed by atoms with Crippen LogP contribution < -0.4 is 0 Å². The molecule has 0 atom stereocenters. The van der Waals surface area contributed by atoms with Gasteiger partial charge in [-0.1, -0.05) is 6.08 Å². The molecule has 21 heavy (non-hydrogen) atoms. The lowest BCUT2D eigenvalue weighted by atomic mass is 9.97. The second kappa shape index (κ2) is 5.62. The van der Waals surface area contributed by atoms with Crippen LogP contribution in [-0.4, -0.2) is 47.2 Å². The molecule has 1 fully saturated rings. The minimum atomic E-state index is 0.709. The highest BCUT2D eigenvalue weighted by Gasteiger charge is 2.23. The largest absolute Gasteiger partial charge is 0.381 e. The SMILES string of the molecule is C1=C(c2c[nH]c3ncccc23)CCN(C2CCOCC2)C1. The molecule has 2 aliphatic heterocycles. The summed E-state index contributed by atoms with van der Waals surface area (Å²) in [5, 5.41) is 1.24. The Bertz CT molecular complexity index is 655. The number of nitrogens with zero attached hydrogens (tertiary/aromatic N) is 2. The van der Waals surface area contributed by atoms with Gasteiger partial charge in [0.2, 0.25) is 0 Å². The van der Waals surface area contributed by atoms with Crippen molar-refractivity contribution in [3.63, 3.8) is 0 Å². The molecular formula is C17H21N3O. The van der Waals surface area contributed by atoms with Crippen LogP contribution in [0.5, 0.6) is 0 Å². The van der Waals surface area contributed by atoms with Crippen molar-refractivity contribution in [2.45, 2.75) is 25.3 Å². The summed E-state index contributed by atoms with van der Waals surface area (Å²) in [4.78, 5) is 10.3. The molecule has 1 N–H and O–H groups in total. The number of nitrogens with one attached hydrogen (secondary N) is 1. The number of aromatic amines is 1. The molecule has 0 spiro atoms. The van der Waals surface area contributed by atoms with Crippen molar-refractivity contribution in [2.24, 2.45) is 0 Å². The predicted molar refractivity (Wildman–Crippen MR) is 84.1 cm³/mol. The van der Waals surface area contributed by atoms with E-state index in [1.54, 1.807) is 0 Å². The number of rotatable bonds is 2. The maximum Gasteiger partial charge on any atom is 0.137 e. The van der Waals surface area contributed by atoms with Gasteiger partial charge in [0.25, 0.3) is 0 Å². The molecule has 0 bridgehead atoms. The van der Waals surface area contributed by atoms with Crippen molar-refractivity contribution < 1.29 is 4.74 Å². The zero-order valence-electron chi connectivity index (χ0n) is 12.2. The summed E-state index contributed by atoms with van der Waals surface area (Å²) < 4.78 is 5.47. The number of hydrogen-bond donors (Lipinski definition) is 1. The van der Waals surface area contributed by atoms with Gasteiger partial charge in [-0.05, 0) is 37.0 Å². The Labute approximate surface area is 124 Å². The summed E-state index contributed by atoms with van der Waals surface area (Å²) in [7, 11) is 0. The molecule has 0 unspecified atom stereocenters. The zero-order chi connectivity index (χ0) is 14.1. The van der Waals surface area contributed by atoms with Gasteiger partial charge in [-0.25, -0.2) is 4.98 Å². The highest BCUT2D eigenvalue weighted by molar-refractivity contribution is 5.90. The molecule has 110 valence electrons. The Kier molecular flexibility index (Phi) is 3.49. The Morgan fingerprint density at radius 1 is 1.29 bits per heavy atom. The zero-order valence-corrected chi connectivity index (χ0v) is 12.2. The molecule has 0 aliphatic carbocycles. The van der Waals surface area contributed by atoms with Crippen molar-refractivity contribution in [1.82, 2.24) is 14.9 Å². The fourth-order valence-electron chi connectivity index (χ4n) is 3.53. The summed E-state index contributed by atoms with van der Waals surface area (Å²) >= 11 is 0. The molecule has 4 heterocycles. The number of aromatic nitrogens is 2. The predicted octanol–water partition coefficient (Wildman–Crippen LogP) is 2.83. The summed E-state index contributed by atoms with van der Waals surface area (Å²) in [5.74, 6) is 0. The third kappa shape index (κ3) is 2.49. The number of hydrogen-bond acceptors (Lipinski definition) is 3. The van der Waals surface area contributed by atoms with Crippen LogP contribution in [0.15, 0.2) is 30.6 Å². The minimum Gasteiger partial charge on any atom is -0.381 e. The maximum atomic E-state index is 5.47. The smallest absolute Gasteiger partial charge is 0.137 e. The average Bonchev–Trinajstić information content (AvgIpc) is 3.00. The van der Waals surface area contributed by atoms with E-state index in [0.29, 0.717) is 6.04 Å². The standard InChI is InChI=1S/C17H21N3O/c1-2-15-16(12-19-17(15)18-7-1)13-3-8-20(9-4-13)14-5-10-21-11-6-14/h1-3,7,12,14H,4-6,8-11H2,(H,18,19). The van der Waals surface area contributed by atoms with Crippen LogP contribution in [0.4, 0.5) is 0 Å². The van der Waals surface area contributed by atoms with Crippen LogP contribution in [0.1, 0.15) is 24.8 Å². The summed E-state index contributed by atoms with van der Waals surface area (Å²) in [6.45, 7) is 4.06. The van der Waals surface area contributed by atoms with E-state index in [1.165, 1.54) is 29.4 Å². The normalized spacial score (nSPS) is 21.6. The first kappa shape index (κ1) is 13.0. The molecule has 1 saturated heterocycles. The van der Waals surface area contributed by atoms with Crippen LogP contribution in [0.2, 0.25) is 0 Å². The molecule has 0 radical (unpaired) electrons. The van der Waals surface area contributed by atoms with Gasteiger partial charge in [0.05, 0.1) is 0 Å². The summed E-state index contributed by atoms with van der Waals surface area (Å²) in [6, 6.07) is 4.87. The van der Waals surface area contributed by atoms with E-state index in [9.17, 15) is 0 Å². The summed E-state index contributed by atoms with van der Waals surface area (Å²) in [6.07, 6.45) is 9.83. The Balaban J connectivity index is 1.53. The lowest BCUT2D eigenvalue weighted by molar-refractivity contribution is 0.0378. The molecule has 4 heteroatoms. The number of fused-ring (bicyclic) bond motifs is 1. The summed E-state index contributed by atoms with van der Waals surface area (Å²) in [5.41, 5.74) is 3.77. The van der Waals surface area contributed by atoms with Gasteiger partial charge in [-0.15, -0.1) is 0 Å². The fraction of sp³-hybridized carbons (Fsp3) is 0.471. The molecule has 4 rings (SSSR count). The fourth-order valence-corrected chi connectivity index (χ4v) is 3.53. The second-order valence-corrected chi connectivity index (χ2v) is 5.92. The quantitative estimate of drug-likeness (QED) is 0.921. The molecule has 0 saturated carbocycles. The molecule has 0 amide bonds. The average molecular weight is 283 g/mol. The molecule has 2 aromatic rings. The van der Waals surface area contributed by atoms with Gasteiger partial charge in [-0.3, -0.25) is 4.90 Å². The van der Waals surface area contributed by atoms with E-state index in [1.807, 2.05) is 12.3 Å². The van der Waals surface area contributed by atoms with Crippen LogP contribution in [0, 0.1) is 0 Å².